The van der Waals surface area contributed by atoms with Gasteiger partial charge in [0, 0.05) is 19.3 Å². The van der Waals surface area contributed by atoms with Gasteiger partial charge in [-0.1, -0.05) is 12.1 Å². The van der Waals surface area contributed by atoms with Crippen LogP contribution in [-0.4, -0.2) is 40.0 Å². The van der Waals surface area contributed by atoms with Crippen molar-refractivity contribution in [2.24, 2.45) is 0 Å². The third kappa shape index (κ3) is 6.21. The number of likely N-dealkylation sites (N-methyl/N-ethyl adjacent to an activating group) is 1. The van der Waals surface area contributed by atoms with E-state index in [0.717, 1.165) is 23.4 Å². The number of benzene rings is 3. The van der Waals surface area contributed by atoms with E-state index >= 15 is 0 Å². The van der Waals surface area contributed by atoms with Crippen molar-refractivity contribution in [1.29, 1.82) is 0 Å². The Morgan fingerprint density at radius 1 is 0.938 bits per heavy atom. The van der Waals surface area contributed by atoms with Crippen LogP contribution in [0.1, 0.15) is 5.56 Å². The van der Waals surface area contributed by atoms with Gasteiger partial charge < -0.3 is 14.4 Å². The van der Waals surface area contributed by atoms with Crippen LogP contribution < -0.4 is 14.2 Å². The SMILES string of the molecule is COc1ccc(CN(C)C(=O)COc2ccc(S(=O)(=O)Nc3ccc(F)cc3)cc2)cc1. The van der Waals surface area contributed by atoms with Crippen molar-refractivity contribution in [3.05, 3.63) is 84.2 Å². The molecule has 0 unspecified atom stereocenters. The standard InChI is InChI=1S/C23H23FN2O5S/c1-26(15-17-3-9-20(30-2)10-4-17)23(27)16-31-21-11-13-22(14-12-21)32(28,29)25-19-7-5-18(24)6-8-19/h3-14,25H,15-16H2,1-2H3. The molecular formula is C23H23FN2O5S. The van der Waals surface area contributed by atoms with E-state index in [0.29, 0.717) is 12.3 Å². The summed E-state index contributed by atoms with van der Waals surface area (Å²) in [6.45, 7) is 0.227. The van der Waals surface area contributed by atoms with Crippen molar-refractivity contribution < 1.29 is 27.1 Å². The van der Waals surface area contributed by atoms with Crippen LogP contribution in [0.5, 0.6) is 11.5 Å². The fraction of sp³-hybridized carbons (Fsp3) is 0.174. The van der Waals surface area contributed by atoms with E-state index in [1.807, 2.05) is 24.3 Å². The highest BCUT2D eigenvalue weighted by atomic mass is 32.2. The van der Waals surface area contributed by atoms with Gasteiger partial charge in [-0.05, 0) is 66.2 Å². The molecule has 0 spiro atoms. The maximum atomic E-state index is 13.0. The van der Waals surface area contributed by atoms with E-state index in [4.69, 9.17) is 9.47 Å². The number of nitrogens with zero attached hydrogens (tertiary/aromatic N) is 1. The van der Waals surface area contributed by atoms with Gasteiger partial charge in [0.2, 0.25) is 0 Å². The smallest absolute Gasteiger partial charge is 0.261 e. The molecular weight excluding hydrogens is 435 g/mol. The molecule has 3 rings (SSSR count). The number of rotatable bonds is 9. The predicted octanol–water partition coefficient (Wildman–Crippen LogP) is 3.67. The van der Waals surface area contributed by atoms with Crippen LogP contribution in [-0.2, 0) is 21.4 Å². The van der Waals surface area contributed by atoms with Crippen molar-refractivity contribution in [1.82, 2.24) is 4.90 Å². The number of hydrogen-bond acceptors (Lipinski definition) is 5. The van der Waals surface area contributed by atoms with Crippen LogP contribution in [0.4, 0.5) is 10.1 Å². The van der Waals surface area contributed by atoms with Gasteiger partial charge in [0.1, 0.15) is 17.3 Å². The van der Waals surface area contributed by atoms with Crippen molar-refractivity contribution in [3.63, 3.8) is 0 Å². The number of anilines is 1. The lowest BCUT2D eigenvalue weighted by Gasteiger charge is -2.18. The normalized spacial score (nSPS) is 11.0. The summed E-state index contributed by atoms with van der Waals surface area (Å²) in [5.41, 5.74) is 1.20. The number of nitrogens with one attached hydrogen (secondary N) is 1. The number of methoxy groups -OCH3 is 1. The Morgan fingerprint density at radius 3 is 2.12 bits per heavy atom. The molecule has 0 aliphatic carbocycles. The van der Waals surface area contributed by atoms with Crippen molar-refractivity contribution in [2.45, 2.75) is 11.4 Å². The molecule has 0 bridgehead atoms. The zero-order valence-electron chi connectivity index (χ0n) is 17.6. The van der Waals surface area contributed by atoms with Crippen LogP contribution in [0.25, 0.3) is 0 Å². The van der Waals surface area contributed by atoms with Crippen molar-refractivity contribution >= 4 is 21.6 Å². The molecule has 0 atom stereocenters. The summed E-state index contributed by atoms with van der Waals surface area (Å²) in [6, 6.07) is 18.1. The van der Waals surface area contributed by atoms with Gasteiger partial charge in [-0.15, -0.1) is 0 Å². The quantitative estimate of drug-likeness (QED) is 0.529. The van der Waals surface area contributed by atoms with Gasteiger partial charge >= 0.3 is 0 Å². The summed E-state index contributed by atoms with van der Waals surface area (Å²) in [5.74, 6) is 0.412. The van der Waals surface area contributed by atoms with Crippen LogP contribution in [0, 0.1) is 5.82 Å². The first-order valence-corrected chi connectivity index (χ1v) is 11.1. The molecule has 0 saturated heterocycles. The van der Waals surface area contributed by atoms with Crippen molar-refractivity contribution in [3.8, 4) is 11.5 Å². The number of carbonyl (C=O) groups is 1. The third-order valence-electron chi connectivity index (χ3n) is 4.60. The summed E-state index contributed by atoms with van der Waals surface area (Å²) < 4.78 is 50.9. The van der Waals surface area contributed by atoms with Crippen LogP contribution >= 0.6 is 0 Å². The lowest BCUT2D eigenvalue weighted by atomic mass is 10.2. The van der Waals surface area contributed by atoms with Gasteiger partial charge in [0.15, 0.2) is 6.61 Å². The summed E-state index contributed by atoms with van der Waals surface area (Å²) in [7, 11) is -0.577. The molecule has 9 heteroatoms. The van der Waals surface area contributed by atoms with E-state index in [1.165, 1.54) is 41.3 Å². The highest BCUT2D eigenvalue weighted by Gasteiger charge is 2.15. The molecule has 0 aliphatic heterocycles. The maximum absolute atomic E-state index is 13.0. The number of amides is 1. The molecule has 0 saturated carbocycles. The van der Waals surface area contributed by atoms with E-state index in [-0.39, 0.29) is 23.1 Å². The molecule has 0 radical (unpaired) electrons. The zero-order chi connectivity index (χ0) is 23.1. The summed E-state index contributed by atoms with van der Waals surface area (Å²) in [6.07, 6.45) is 0. The highest BCUT2D eigenvalue weighted by Crippen LogP contribution is 2.20. The van der Waals surface area contributed by atoms with Gasteiger partial charge in [0.05, 0.1) is 12.0 Å². The molecule has 3 aromatic carbocycles. The summed E-state index contributed by atoms with van der Waals surface area (Å²) in [5, 5.41) is 0. The number of ether oxygens (including phenoxy) is 2. The Balaban J connectivity index is 1.54. The van der Waals surface area contributed by atoms with Gasteiger partial charge in [-0.2, -0.15) is 0 Å². The molecule has 32 heavy (non-hydrogen) atoms. The van der Waals surface area contributed by atoms with Gasteiger partial charge in [-0.3, -0.25) is 9.52 Å². The van der Waals surface area contributed by atoms with Gasteiger partial charge in [0.25, 0.3) is 15.9 Å². The first-order valence-electron chi connectivity index (χ1n) is 9.65. The monoisotopic (exact) mass is 458 g/mol. The minimum Gasteiger partial charge on any atom is -0.497 e. The van der Waals surface area contributed by atoms with Crippen LogP contribution in [0.15, 0.2) is 77.7 Å². The average molecular weight is 459 g/mol. The minimum atomic E-state index is -3.84. The first-order chi connectivity index (χ1) is 15.3. The van der Waals surface area contributed by atoms with Gasteiger partial charge in [-0.25, -0.2) is 12.8 Å². The molecule has 0 aromatic heterocycles. The topological polar surface area (TPSA) is 84.9 Å². The predicted molar refractivity (Wildman–Crippen MR) is 119 cm³/mol. The maximum Gasteiger partial charge on any atom is 0.261 e. The number of halogens is 1. The first kappa shape index (κ1) is 23.1. The molecule has 1 N–H and O–H groups in total. The molecule has 1 amide bonds. The number of hydrogen-bond donors (Lipinski definition) is 1. The fourth-order valence-corrected chi connectivity index (χ4v) is 3.85. The Morgan fingerprint density at radius 2 is 1.53 bits per heavy atom. The average Bonchev–Trinajstić information content (AvgIpc) is 2.79. The Kier molecular flexibility index (Phi) is 7.32. The molecule has 0 heterocycles. The summed E-state index contributed by atoms with van der Waals surface area (Å²) in [4.78, 5) is 13.9. The molecule has 3 aromatic rings. The fourth-order valence-electron chi connectivity index (χ4n) is 2.80. The Bertz CT molecular complexity index is 1150. The summed E-state index contributed by atoms with van der Waals surface area (Å²) >= 11 is 0. The molecule has 168 valence electrons. The lowest BCUT2D eigenvalue weighted by molar-refractivity contribution is -0.132. The Hall–Kier alpha value is -3.59. The second-order valence-electron chi connectivity index (χ2n) is 6.97. The third-order valence-corrected chi connectivity index (χ3v) is 5.99. The Labute approximate surface area is 186 Å². The van der Waals surface area contributed by atoms with Crippen LogP contribution in [0.3, 0.4) is 0 Å². The second-order valence-corrected chi connectivity index (χ2v) is 8.65. The largest absolute Gasteiger partial charge is 0.497 e. The number of sulfonamides is 1. The molecule has 7 nitrogen and oxygen atoms in total. The second kappa shape index (κ2) is 10.1. The van der Waals surface area contributed by atoms with E-state index < -0.39 is 15.8 Å². The lowest BCUT2D eigenvalue weighted by Crippen LogP contribution is -2.30. The zero-order valence-corrected chi connectivity index (χ0v) is 18.4. The van der Waals surface area contributed by atoms with E-state index in [9.17, 15) is 17.6 Å². The molecule has 0 aliphatic rings. The molecule has 0 fully saturated rings. The van der Waals surface area contributed by atoms with Crippen LogP contribution in [0.2, 0.25) is 0 Å². The van der Waals surface area contributed by atoms with E-state index in [1.54, 1.807) is 14.2 Å². The minimum absolute atomic E-state index is 0.0112. The number of carbonyl (C=O) groups excluding carboxylic acids is 1. The van der Waals surface area contributed by atoms with Crippen molar-refractivity contribution in [2.75, 3.05) is 25.5 Å². The highest BCUT2D eigenvalue weighted by molar-refractivity contribution is 7.92. The van der Waals surface area contributed by atoms with E-state index in [2.05, 4.69) is 4.72 Å².